The molecule has 1 amide bonds. The average Bonchev–Trinajstić information content (AvgIpc) is 2.79. The minimum Gasteiger partial charge on any atom is -0.481 e. The summed E-state index contributed by atoms with van der Waals surface area (Å²) in [4.78, 5) is 31.8. The normalized spacial score (nSPS) is 12.2. The van der Waals surface area contributed by atoms with Gasteiger partial charge in [0.2, 0.25) is 5.95 Å². The van der Waals surface area contributed by atoms with Crippen molar-refractivity contribution in [2.75, 3.05) is 10.0 Å². The van der Waals surface area contributed by atoms with Crippen LogP contribution in [0.1, 0.15) is 12.5 Å². The van der Waals surface area contributed by atoms with Crippen LogP contribution in [-0.4, -0.2) is 30.4 Å². The van der Waals surface area contributed by atoms with Crippen LogP contribution in [0.2, 0.25) is 0 Å². The largest absolute Gasteiger partial charge is 0.481 e. The molecule has 0 radical (unpaired) electrons. The van der Waals surface area contributed by atoms with Crippen molar-refractivity contribution in [3.8, 4) is 5.75 Å². The predicted molar refractivity (Wildman–Crippen MR) is 125 cm³/mol. The van der Waals surface area contributed by atoms with Gasteiger partial charge >= 0.3 is 5.63 Å². The van der Waals surface area contributed by atoms with Crippen molar-refractivity contribution in [3.63, 3.8) is 0 Å². The van der Waals surface area contributed by atoms with Crippen molar-refractivity contribution in [2.45, 2.75) is 24.8 Å². The Kier molecular flexibility index (Phi) is 6.28. The molecule has 0 spiro atoms. The van der Waals surface area contributed by atoms with E-state index in [1.165, 1.54) is 42.7 Å². The molecule has 4 aromatic rings. The summed E-state index contributed by atoms with van der Waals surface area (Å²) >= 11 is 0. The lowest BCUT2D eigenvalue weighted by Gasteiger charge is -2.15. The summed E-state index contributed by atoms with van der Waals surface area (Å²) < 4.78 is 38.1. The van der Waals surface area contributed by atoms with E-state index in [9.17, 15) is 18.0 Å². The summed E-state index contributed by atoms with van der Waals surface area (Å²) in [6.45, 7) is 3.37. The molecule has 34 heavy (non-hydrogen) atoms. The molecule has 0 aliphatic rings. The summed E-state index contributed by atoms with van der Waals surface area (Å²) in [5, 5.41) is 3.44. The van der Waals surface area contributed by atoms with Gasteiger partial charge in [-0.2, -0.15) is 0 Å². The van der Waals surface area contributed by atoms with Crippen LogP contribution >= 0.6 is 0 Å². The third-order valence-electron chi connectivity index (χ3n) is 4.83. The van der Waals surface area contributed by atoms with Crippen LogP contribution in [0.3, 0.4) is 0 Å². The number of hydrogen-bond acceptors (Lipinski definition) is 8. The Morgan fingerprint density at radius 2 is 1.76 bits per heavy atom. The van der Waals surface area contributed by atoms with Gasteiger partial charge < -0.3 is 14.5 Å². The molecule has 4 rings (SSSR count). The second-order valence-corrected chi connectivity index (χ2v) is 9.04. The number of ether oxygens (including phenoxy) is 1. The zero-order valence-corrected chi connectivity index (χ0v) is 19.0. The zero-order valence-electron chi connectivity index (χ0n) is 18.2. The maximum absolute atomic E-state index is 12.6. The molecule has 0 saturated heterocycles. The van der Waals surface area contributed by atoms with Crippen molar-refractivity contribution in [1.29, 1.82) is 0 Å². The Hall–Kier alpha value is -4.25. The first-order chi connectivity index (χ1) is 16.2. The third kappa shape index (κ3) is 5.21. The Labute approximate surface area is 194 Å². The molecule has 0 aliphatic carbocycles. The number of rotatable bonds is 7. The van der Waals surface area contributed by atoms with Crippen LogP contribution in [0.5, 0.6) is 5.75 Å². The maximum Gasteiger partial charge on any atom is 0.336 e. The van der Waals surface area contributed by atoms with Crippen LogP contribution in [-0.2, 0) is 14.8 Å². The predicted octanol–water partition coefficient (Wildman–Crippen LogP) is 3.10. The quantitative estimate of drug-likeness (QED) is 0.385. The number of amides is 1. The van der Waals surface area contributed by atoms with E-state index in [0.717, 1.165) is 10.9 Å². The highest BCUT2D eigenvalue weighted by molar-refractivity contribution is 7.92. The van der Waals surface area contributed by atoms with Gasteiger partial charge in [0.05, 0.1) is 4.90 Å². The maximum atomic E-state index is 12.6. The van der Waals surface area contributed by atoms with Gasteiger partial charge in [-0.15, -0.1) is 0 Å². The van der Waals surface area contributed by atoms with Gasteiger partial charge in [0, 0.05) is 35.6 Å². The number of nitrogens with one attached hydrogen (secondary N) is 2. The summed E-state index contributed by atoms with van der Waals surface area (Å²) in [6.07, 6.45) is 1.96. The van der Waals surface area contributed by atoms with Crippen molar-refractivity contribution in [2.24, 2.45) is 0 Å². The van der Waals surface area contributed by atoms with E-state index in [2.05, 4.69) is 20.0 Å². The van der Waals surface area contributed by atoms with Gasteiger partial charge in [-0.3, -0.25) is 4.79 Å². The number of sulfonamides is 1. The molecule has 10 nitrogen and oxygen atoms in total. The van der Waals surface area contributed by atoms with Crippen molar-refractivity contribution < 1.29 is 22.4 Å². The van der Waals surface area contributed by atoms with Gasteiger partial charge in [-0.1, -0.05) is 0 Å². The van der Waals surface area contributed by atoms with Crippen molar-refractivity contribution in [1.82, 2.24) is 9.97 Å². The molecule has 2 aromatic heterocycles. The molecule has 2 N–H and O–H groups in total. The Balaban J connectivity index is 1.41. The van der Waals surface area contributed by atoms with Gasteiger partial charge in [-0.05, 0) is 61.9 Å². The molecule has 0 aliphatic heterocycles. The number of fused-ring (bicyclic) bond motifs is 1. The van der Waals surface area contributed by atoms with Gasteiger partial charge in [0.15, 0.2) is 6.10 Å². The lowest BCUT2D eigenvalue weighted by Crippen LogP contribution is -2.30. The first-order valence-corrected chi connectivity index (χ1v) is 11.6. The fourth-order valence-electron chi connectivity index (χ4n) is 3.13. The smallest absolute Gasteiger partial charge is 0.336 e. The van der Waals surface area contributed by atoms with E-state index >= 15 is 0 Å². The number of hydrogen-bond donors (Lipinski definition) is 2. The highest BCUT2D eigenvalue weighted by Gasteiger charge is 2.18. The molecule has 174 valence electrons. The number of carbonyl (C=O) groups is 1. The second-order valence-electron chi connectivity index (χ2n) is 7.36. The SMILES string of the molecule is Cc1cc(=O)oc2cc(O[C@H](C)C(=O)Nc3ccc(S(=O)(=O)Nc4ncccn4)cc3)ccc12. The number of nitrogens with zero attached hydrogens (tertiary/aromatic N) is 2. The average molecular weight is 481 g/mol. The summed E-state index contributed by atoms with van der Waals surface area (Å²) in [5.41, 5.74) is 1.06. The Morgan fingerprint density at radius 1 is 1.06 bits per heavy atom. The number of aromatic nitrogens is 2. The highest BCUT2D eigenvalue weighted by atomic mass is 32.2. The summed E-state index contributed by atoms with van der Waals surface area (Å²) in [6, 6.07) is 13.6. The first kappa shape index (κ1) is 22.9. The van der Waals surface area contributed by atoms with Gasteiger partial charge in [0.25, 0.3) is 15.9 Å². The van der Waals surface area contributed by atoms with Gasteiger partial charge in [0.1, 0.15) is 11.3 Å². The zero-order chi connectivity index (χ0) is 24.3. The van der Waals surface area contributed by atoms with Crippen LogP contribution in [0.4, 0.5) is 11.6 Å². The van der Waals surface area contributed by atoms with E-state index in [0.29, 0.717) is 17.0 Å². The monoisotopic (exact) mass is 480 g/mol. The standard InChI is InChI=1S/C23H20N4O6S/c1-14-12-21(28)33-20-13-17(6-9-19(14)20)32-15(2)22(29)26-16-4-7-18(8-5-16)34(30,31)27-23-24-10-3-11-25-23/h3-13,15H,1-2H3,(H,26,29)(H,24,25,27)/t15-/m1/s1. The molecule has 1 atom stereocenters. The number of anilines is 2. The molecule has 0 bridgehead atoms. The Bertz CT molecular complexity index is 1500. The summed E-state index contributed by atoms with van der Waals surface area (Å²) in [5.74, 6) is -0.134. The molecule has 11 heteroatoms. The van der Waals surface area contributed by atoms with Crippen LogP contribution in [0.15, 0.2) is 81.1 Å². The third-order valence-corrected chi connectivity index (χ3v) is 6.17. The molecule has 2 heterocycles. The second kappa shape index (κ2) is 9.32. The number of carbonyl (C=O) groups excluding carboxylic acids is 1. The van der Waals surface area contributed by atoms with E-state index in [-0.39, 0.29) is 10.8 Å². The minimum atomic E-state index is -3.88. The van der Waals surface area contributed by atoms with E-state index in [4.69, 9.17) is 9.15 Å². The minimum absolute atomic E-state index is 0.0183. The lowest BCUT2D eigenvalue weighted by molar-refractivity contribution is -0.122. The van der Waals surface area contributed by atoms with Crippen LogP contribution in [0.25, 0.3) is 11.0 Å². The van der Waals surface area contributed by atoms with E-state index < -0.39 is 27.7 Å². The first-order valence-electron chi connectivity index (χ1n) is 10.1. The lowest BCUT2D eigenvalue weighted by atomic mass is 10.1. The molecular formula is C23H20N4O6S. The van der Waals surface area contributed by atoms with Crippen molar-refractivity contribution >= 4 is 38.5 Å². The van der Waals surface area contributed by atoms with Crippen molar-refractivity contribution in [3.05, 3.63) is 83.0 Å². The fraction of sp³-hybridized carbons (Fsp3) is 0.130. The van der Waals surface area contributed by atoms with E-state index in [1.807, 2.05) is 0 Å². The highest BCUT2D eigenvalue weighted by Crippen LogP contribution is 2.23. The fourth-order valence-corrected chi connectivity index (χ4v) is 4.09. The van der Waals surface area contributed by atoms with Crippen LogP contribution in [0, 0.1) is 6.92 Å². The molecule has 0 fully saturated rings. The molecule has 0 saturated carbocycles. The summed E-state index contributed by atoms with van der Waals surface area (Å²) in [7, 11) is -3.88. The molecule has 0 unspecified atom stereocenters. The Morgan fingerprint density at radius 3 is 2.47 bits per heavy atom. The number of benzene rings is 2. The number of aryl methyl sites for hydroxylation is 1. The molecular weight excluding hydrogens is 460 g/mol. The van der Waals surface area contributed by atoms with E-state index in [1.54, 1.807) is 38.1 Å². The topological polar surface area (TPSA) is 140 Å². The van der Waals surface area contributed by atoms with Gasteiger partial charge in [-0.25, -0.2) is 27.9 Å². The molecule has 2 aromatic carbocycles. The van der Waals surface area contributed by atoms with Crippen LogP contribution < -0.4 is 20.4 Å².